The Morgan fingerprint density at radius 3 is 2.57 bits per heavy atom. The fourth-order valence-electron chi connectivity index (χ4n) is 2.96. The minimum Gasteiger partial charge on any atom is -0.481 e. The minimum absolute atomic E-state index is 0.0487. The number of pyridine rings is 1. The molecule has 3 rings (SSSR count). The molecule has 0 radical (unpaired) electrons. The van der Waals surface area contributed by atoms with Crippen LogP contribution in [0, 0.1) is 5.92 Å². The van der Waals surface area contributed by atoms with Crippen LogP contribution in [0.2, 0.25) is 0 Å². The van der Waals surface area contributed by atoms with E-state index in [2.05, 4.69) is 34.3 Å². The van der Waals surface area contributed by atoms with Crippen LogP contribution in [0.1, 0.15) is 58.0 Å². The zero-order valence-corrected chi connectivity index (χ0v) is 18.0. The number of carbonyl (C=O) groups excluding carboxylic acids is 1. The Labute approximate surface area is 176 Å². The molecular formula is C23H28N4O3. The van der Waals surface area contributed by atoms with E-state index >= 15 is 0 Å². The van der Waals surface area contributed by atoms with Gasteiger partial charge < -0.3 is 14.6 Å². The highest BCUT2D eigenvalue weighted by Crippen LogP contribution is 2.24. The first-order valence-corrected chi connectivity index (χ1v) is 10.2. The molecule has 7 nitrogen and oxygen atoms in total. The molecule has 158 valence electrons. The largest absolute Gasteiger partial charge is 0.481 e. The molecule has 0 saturated carbocycles. The molecule has 2 atom stereocenters. The zero-order chi connectivity index (χ0) is 21.7. The topological polar surface area (TPSA) is 90.1 Å². The van der Waals surface area contributed by atoms with Gasteiger partial charge in [-0.25, -0.2) is 0 Å². The van der Waals surface area contributed by atoms with Crippen LogP contribution in [-0.2, 0) is 4.79 Å². The van der Waals surface area contributed by atoms with Crippen LogP contribution >= 0.6 is 0 Å². The van der Waals surface area contributed by atoms with E-state index in [9.17, 15) is 4.79 Å². The van der Waals surface area contributed by atoms with Gasteiger partial charge in [-0.3, -0.25) is 9.78 Å². The van der Waals surface area contributed by atoms with Crippen molar-refractivity contribution in [2.75, 3.05) is 0 Å². The lowest BCUT2D eigenvalue weighted by Crippen LogP contribution is -2.40. The monoisotopic (exact) mass is 408 g/mol. The van der Waals surface area contributed by atoms with Gasteiger partial charge in [-0.05, 0) is 48.6 Å². The highest BCUT2D eigenvalue weighted by molar-refractivity contribution is 5.81. The molecule has 0 saturated heterocycles. The summed E-state index contributed by atoms with van der Waals surface area (Å²) in [6.45, 7) is 9.93. The summed E-state index contributed by atoms with van der Waals surface area (Å²) in [5, 5.41) is 7.01. The van der Waals surface area contributed by atoms with Crippen molar-refractivity contribution in [2.45, 2.75) is 52.7 Å². The van der Waals surface area contributed by atoms with E-state index < -0.39 is 12.1 Å². The Morgan fingerprint density at radius 1 is 1.10 bits per heavy atom. The number of nitrogens with zero attached hydrogens (tertiary/aromatic N) is 3. The smallest absolute Gasteiger partial charge is 0.261 e. The van der Waals surface area contributed by atoms with E-state index in [1.807, 2.05) is 44.2 Å². The number of hydrogen-bond acceptors (Lipinski definition) is 6. The SMILES string of the molecule is CC(Oc1cccc(C(C)C)c1)C(=O)NC(c1nc(-c2cccnc2)no1)C(C)C. The van der Waals surface area contributed by atoms with Crippen LogP contribution < -0.4 is 10.1 Å². The molecule has 1 N–H and O–H groups in total. The third-order valence-corrected chi connectivity index (χ3v) is 4.80. The second kappa shape index (κ2) is 9.52. The molecule has 30 heavy (non-hydrogen) atoms. The maximum Gasteiger partial charge on any atom is 0.261 e. The van der Waals surface area contributed by atoms with Crippen molar-refractivity contribution in [3.05, 3.63) is 60.2 Å². The predicted molar refractivity (Wildman–Crippen MR) is 114 cm³/mol. The molecule has 2 unspecified atom stereocenters. The summed E-state index contributed by atoms with van der Waals surface area (Å²) in [5.74, 6) is 1.65. The van der Waals surface area contributed by atoms with Crippen molar-refractivity contribution in [2.24, 2.45) is 5.92 Å². The zero-order valence-electron chi connectivity index (χ0n) is 18.0. The van der Waals surface area contributed by atoms with Gasteiger partial charge in [-0.2, -0.15) is 4.98 Å². The molecule has 0 spiro atoms. The summed E-state index contributed by atoms with van der Waals surface area (Å²) in [6, 6.07) is 11.0. The number of aromatic nitrogens is 3. The van der Waals surface area contributed by atoms with Crippen molar-refractivity contribution in [3.63, 3.8) is 0 Å². The van der Waals surface area contributed by atoms with Crippen LogP contribution in [0.4, 0.5) is 0 Å². The first-order chi connectivity index (χ1) is 14.3. The fourth-order valence-corrected chi connectivity index (χ4v) is 2.96. The lowest BCUT2D eigenvalue weighted by Gasteiger charge is -2.22. The molecule has 2 heterocycles. The van der Waals surface area contributed by atoms with Crippen LogP contribution in [0.3, 0.4) is 0 Å². The molecule has 0 aliphatic carbocycles. The molecule has 7 heteroatoms. The van der Waals surface area contributed by atoms with E-state index in [1.165, 1.54) is 0 Å². The molecule has 0 bridgehead atoms. The van der Waals surface area contributed by atoms with Crippen LogP contribution in [-0.4, -0.2) is 27.1 Å². The van der Waals surface area contributed by atoms with E-state index in [-0.39, 0.29) is 11.8 Å². The third-order valence-electron chi connectivity index (χ3n) is 4.80. The van der Waals surface area contributed by atoms with Gasteiger partial charge in [0.15, 0.2) is 6.10 Å². The minimum atomic E-state index is -0.672. The molecule has 0 fully saturated rings. The molecule has 0 aliphatic rings. The second-order valence-electron chi connectivity index (χ2n) is 7.92. The number of hydrogen-bond donors (Lipinski definition) is 1. The number of carbonyl (C=O) groups is 1. The predicted octanol–water partition coefficient (Wildman–Crippen LogP) is 4.54. The van der Waals surface area contributed by atoms with Crippen LogP contribution in [0.25, 0.3) is 11.4 Å². The number of nitrogens with one attached hydrogen (secondary N) is 1. The fraction of sp³-hybridized carbons (Fsp3) is 0.391. The average molecular weight is 409 g/mol. The van der Waals surface area contributed by atoms with Crippen molar-refractivity contribution in [3.8, 4) is 17.1 Å². The Balaban J connectivity index is 1.70. The summed E-state index contributed by atoms with van der Waals surface area (Å²) in [6.07, 6.45) is 2.67. The van der Waals surface area contributed by atoms with Gasteiger partial charge in [-0.15, -0.1) is 0 Å². The van der Waals surface area contributed by atoms with Gasteiger partial charge in [0.2, 0.25) is 11.7 Å². The summed E-state index contributed by atoms with van der Waals surface area (Å²) < 4.78 is 11.3. The van der Waals surface area contributed by atoms with Crippen molar-refractivity contribution in [1.29, 1.82) is 0 Å². The van der Waals surface area contributed by atoms with Gasteiger partial charge in [0.05, 0.1) is 0 Å². The summed E-state index contributed by atoms with van der Waals surface area (Å²) in [5.41, 5.74) is 1.91. The molecule has 1 aromatic carbocycles. The molecule has 2 aromatic heterocycles. The molecule has 1 amide bonds. The Bertz CT molecular complexity index is 969. The average Bonchev–Trinajstić information content (AvgIpc) is 3.22. The van der Waals surface area contributed by atoms with Crippen molar-refractivity contribution in [1.82, 2.24) is 20.4 Å². The quantitative estimate of drug-likeness (QED) is 0.589. The van der Waals surface area contributed by atoms with Gasteiger partial charge in [-0.1, -0.05) is 45.0 Å². The summed E-state index contributed by atoms with van der Waals surface area (Å²) in [4.78, 5) is 21.3. The lowest BCUT2D eigenvalue weighted by atomic mass is 10.0. The van der Waals surface area contributed by atoms with Gasteiger partial charge in [0.1, 0.15) is 11.8 Å². The van der Waals surface area contributed by atoms with Crippen molar-refractivity contribution >= 4 is 5.91 Å². The van der Waals surface area contributed by atoms with Crippen LogP contribution in [0.15, 0.2) is 53.3 Å². The van der Waals surface area contributed by atoms with E-state index in [1.54, 1.807) is 25.4 Å². The van der Waals surface area contributed by atoms with Crippen LogP contribution in [0.5, 0.6) is 5.75 Å². The lowest BCUT2D eigenvalue weighted by molar-refractivity contribution is -0.128. The number of ether oxygens (including phenoxy) is 1. The standard InChI is InChI=1S/C23H28N4O3/c1-14(2)17-8-6-10-19(12-17)29-16(5)22(28)25-20(15(3)4)23-26-21(27-30-23)18-9-7-11-24-13-18/h6-16,20H,1-5H3,(H,25,28). The summed E-state index contributed by atoms with van der Waals surface area (Å²) >= 11 is 0. The Kier molecular flexibility index (Phi) is 6.82. The maximum atomic E-state index is 12.8. The third kappa shape index (κ3) is 5.23. The van der Waals surface area contributed by atoms with Gasteiger partial charge in [0.25, 0.3) is 5.91 Å². The van der Waals surface area contributed by atoms with Gasteiger partial charge >= 0.3 is 0 Å². The van der Waals surface area contributed by atoms with Crippen molar-refractivity contribution < 1.29 is 14.1 Å². The van der Waals surface area contributed by atoms with E-state index in [4.69, 9.17) is 9.26 Å². The van der Waals surface area contributed by atoms with Gasteiger partial charge in [0, 0.05) is 18.0 Å². The van der Waals surface area contributed by atoms with E-state index in [0.717, 1.165) is 11.1 Å². The number of amides is 1. The number of benzene rings is 1. The molecule has 3 aromatic rings. The Hall–Kier alpha value is -3.22. The molecule has 0 aliphatic heterocycles. The first-order valence-electron chi connectivity index (χ1n) is 10.2. The molecular weight excluding hydrogens is 380 g/mol. The first kappa shape index (κ1) is 21.5. The van der Waals surface area contributed by atoms with E-state index in [0.29, 0.717) is 23.4 Å². The normalized spacial score (nSPS) is 13.3. The summed E-state index contributed by atoms with van der Waals surface area (Å²) in [7, 11) is 0. The highest BCUT2D eigenvalue weighted by atomic mass is 16.5. The maximum absolute atomic E-state index is 12.8. The second-order valence-corrected chi connectivity index (χ2v) is 7.92. The Morgan fingerprint density at radius 2 is 1.90 bits per heavy atom. The number of rotatable bonds is 8. The highest BCUT2D eigenvalue weighted by Gasteiger charge is 2.27.